The maximum Gasteiger partial charge on any atom is 0.0703 e. The van der Waals surface area contributed by atoms with Crippen molar-refractivity contribution in [3.05, 3.63) is 68.1 Å². The molecule has 0 spiro atoms. The smallest absolute Gasteiger partial charge is 0.0703 e. The highest BCUT2D eigenvalue weighted by molar-refractivity contribution is 9.10. The fraction of sp³-hybridized carbons (Fsp3) is 0.429. The molecule has 2 aromatic rings. The van der Waals surface area contributed by atoms with E-state index in [9.17, 15) is 0 Å². The van der Waals surface area contributed by atoms with Gasteiger partial charge < -0.3 is 4.74 Å². The average Bonchev–Trinajstić information content (AvgIpc) is 3.07. The van der Waals surface area contributed by atoms with Crippen LogP contribution in [0.4, 0.5) is 0 Å². The van der Waals surface area contributed by atoms with Crippen LogP contribution in [0.2, 0.25) is 5.02 Å². The third-order valence-electron chi connectivity index (χ3n) is 4.86. The van der Waals surface area contributed by atoms with Crippen molar-refractivity contribution in [1.82, 2.24) is 4.90 Å². The molecule has 0 saturated carbocycles. The molecule has 2 aromatic carbocycles. The molecule has 1 aliphatic rings. The molecular weight excluding hydrogens is 398 g/mol. The molecule has 0 radical (unpaired) electrons. The van der Waals surface area contributed by atoms with Gasteiger partial charge in [-0.15, -0.1) is 0 Å². The summed E-state index contributed by atoms with van der Waals surface area (Å²) in [5.74, 6) is 0. The van der Waals surface area contributed by atoms with E-state index in [4.69, 9.17) is 16.3 Å². The second-order valence-corrected chi connectivity index (χ2v) is 8.19. The first-order chi connectivity index (χ1) is 12.0. The van der Waals surface area contributed by atoms with Crippen LogP contribution in [-0.4, -0.2) is 24.2 Å². The lowest BCUT2D eigenvalue weighted by atomic mass is 10.1. The van der Waals surface area contributed by atoms with Gasteiger partial charge in [-0.05, 0) is 61.1 Å². The van der Waals surface area contributed by atoms with Gasteiger partial charge in [-0.2, -0.15) is 0 Å². The van der Waals surface area contributed by atoms with Crippen LogP contribution in [0.15, 0.2) is 40.9 Å². The largest absolute Gasteiger partial charge is 0.377 e. The van der Waals surface area contributed by atoms with Gasteiger partial charge in [0.15, 0.2) is 0 Å². The van der Waals surface area contributed by atoms with Gasteiger partial charge in [0.05, 0.1) is 6.10 Å². The van der Waals surface area contributed by atoms with Crippen molar-refractivity contribution in [2.75, 3.05) is 13.2 Å². The lowest BCUT2D eigenvalue weighted by molar-refractivity contribution is 0.0678. The standard InChI is InChI=1S/C21H25BrClNO/c1-15-8-9-18(20(22)11-15)13-24(14-19-6-4-10-25-19)12-17-5-3-7-21(23)16(17)2/h3,5,7-9,11,19H,4,6,10,12-14H2,1-2H3. The second kappa shape index (κ2) is 8.68. The van der Waals surface area contributed by atoms with E-state index >= 15 is 0 Å². The summed E-state index contributed by atoms with van der Waals surface area (Å²) in [5.41, 5.74) is 5.04. The Kier molecular flexibility index (Phi) is 6.56. The molecule has 4 heteroatoms. The van der Waals surface area contributed by atoms with Crippen molar-refractivity contribution in [1.29, 1.82) is 0 Å². The first-order valence-corrected chi connectivity index (χ1v) is 10.0. The number of rotatable bonds is 6. The van der Waals surface area contributed by atoms with Crippen LogP contribution in [0.5, 0.6) is 0 Å². The van der Waals surface area contributed by atoms with Gasteiger partial charge in [0.25, 0.3) is 0 Å². The molecule has 25 heavy (non-hydrogen) atoms. The molecule has 1 unspecified atom stereocenters. The summed E-state index contributed by atoms with van der Waals surface area (Å²) in [5, 5.41) is 0.839. The number of nitrogens with zero attached hydrogens (tertiary/aromatic N) is 1. The van der Waals surface area contributed by atoms with E-state index in [2.05, 4.69) is 58.9 Å². The SMILES string of the molecule is Cc1ccc(CN(Cc2cccc(Cl)c2C)CC2CCCO2)c(Br)c1. The van der Waals surface area contributed by atoms with Crippen LogP contribution in [-0.2, 0) is 17.8 Å². The van der Waals surface area contributed by atoms with E-state index in [-0.39, 0.29) is 0 Å². The Morgan fingerprint density at radius 2 is 1.96 bits per heavy atom. The number of hydrogen-bond acceptors (Lipinski definition) is 2. The number of ether oxygens (including phenoxy) is 1. The van der Waals surface area contributed by atoms with Gasteiger partial charge in [-0.25, -0.2) is 0 Å². The van der Waals surface area contributed by atoms with E-state index in [1.807, 2.05) is 12.1 Å². The minimum Gasteiger partial charge on any atom is -0.377 e. The number of aryl methyl sites for hydroxylation is 1. The Bertz CT molecular complexity index is 728. The van der Waals surface area contributed by atoms with Crippen molar-refractivity contribution >= 4 is 27.5 Å². The van der Waals surface area contributed by atoms with Crippen LogP contribution < -0.4 is 0 Å². The summed E-state index contributed by atoms with van der Waals surface area (Å²) < 4.78 is 7.06. The van der Waals surface area contributed by atoms with Crippen LogP contribution in [0.25, 0.3) is 0 Å². The molecule has 0 amide bonds. The van der Waals surface area contributed by atoms with Gasteiger partial charge in [-0.3, -0.25) is 4.90 Å². The Hall–Kier alpha value is -0.870. The molecule has 0 N–H and O–H groups in total. The quantitative estimate of drug-likeness (QED) is 0.574. The zero-order valence-corrected chi connectivity index (χ0v) is 17.2. The van der Waals surface area contributed by atoms with Gasteiger partial charge >= 0.3 is 0 Å². The maximum atomic E-state index is 6.32. The summed E-state index contributed by atoms with van der Waals surface area (Å²) in [6.45, 7) is 7.84. The molecular formula is C21H25BrClNO. The third kappa shape index (κ3) is 5.07. The summed E-state index contributed by atoms with van der Waals surface area (Å²) in [6, 6.07) is 12.7. The van der Waals surface area contributed by atoms with E-state index in [1.165, 1.54) is 33.1 Å². The predicted molar refractivity (Wildman–Crippen MR) is 108 cm³/mol. The molecule has 1 aliphatic heterocycles. The first kappa shape index (κ1) is 18.9. The fourth-order valence-corrected chi connectivity index (χ4v) is 4.16. The third-order valence-corrected chi connectivity index (χ3v) is 6.01. The number of hydrogen-bond donors (Lipinski definition) is 0. The summed E-state index contributed by atoms with van der Waals surface area (Å²) in [7, 11) is 0. The first-order valence-electron chi connectivity index (χ1n) is 8.86. The zero-order chi connectivity index (χ0) is 17.8. The van der Waals surface area contributed by atoms with Crippen molar-refractivity contribution in [3.8, 4) is 0 Å². The normalized spacial score (nSPS) is 17.4. The molecule has 1 saturated heterocycles. The van der Waals surface area contributed by atoms with Crippen LogP contribution in [0, 0.1) is 13.8 Å². The molecule has 0 bridgehead atoms. The highest BCUT2D eigenvalue weighted by Crippen LogP contribution is 2.25. The van der Waals surface area contributed by atoms with E-state index < -0.39 is 0 Å². The molecule has 0 aliphatic carbocycles. The lowest BCUT2D eigenvalue weighted by Crippen LogP contribution is -2.31. The molecule has 0 aromatic heterocycles. The Morgan fingerprint density at radius 1 is 1.16 bits per heavy atom. The minimum absolute atomic E-state index is 0.337. The van der Waals surface area contributed by atoms with E-state index in [0.717, 1.165) is 37.7 Å². The van der Waals surface area contributed by atoms with Crippen molar-refractivity contribution < 1.29 is 4.74 Å². The fourth-order valence-electron chi connectivity index (χ4n) is 3.35. The highest BCUT2D eigenvalue weighted by Gasteiger charge is 2.20. The Labute approximate surface area is 164 Å². The highest BCUT2D eigenvalue weighted by atomic mass is 79.9. The van der Waals surface area contributed by atoms with E-state index in [0.29, 0.717) is 6.10 Å². The molecule has 2 nitrogen and oxygen atoms in total. The summed E-state index contributed by atoms with van der Waals surface area (Å²) in [6.07, 6.45) is 2.66. The van der Waals surface area contributed by atoms with Gasteiger partial charge in [0.2, 0.25) is 0 Å². The van der Waals surface area contributed by atoms with Crippen LogP contribution in [0.1, 0.15) is 35.1 Å². The molecule has 1 heterocycles. The van der Waals surface area contributed by atoms with Crippen molar-refractivity contribution in [3.63, 3.8) is 0 Å². The van der Waals surface area contributed by atoms with Gasteiger partial charge in [0.1, 0.15) is 0 Å². The monoisotopic (exact) mass is 421 g/mol. The zero-order valence-electron chi connectivity index (χ0n) is 14.9. The molecule has 1 atom stereocenters. The molecule has 134 valence electrons. The van der Waals surface area contributed by atoms with Crippen LogP contribution in [0.3, 0.4) is 0 Å². The van der Waals surface area contributed by atoms with Gasteiger partial charge in [-0.1, -0.05) is 51.8 Å². The van der Waals surface area contributed by atoms with Crippen LogP contribution >= 0.6 is 27.5 Å². The van der Waals surface area contributed by atoms with E-state index in [1.54, 1.807) is 0 Å². The number of benzene rings is 2. The Balaban J connectivity index is 1.79. The van der Waals surface area contributed by atoms with Gasteiger partial charge in [0, 0.05) is 35.7 Å². The average molecular weight is 423 g/mol. The summed E-state index contributed by atoms with van der Waals surface area (Å²) >= 11 is 10.0. The topological polar surface area (TPSA) is 12.5 Å². The second-order valence-electron chi connectivity index (χ2n) is 6.92. The van der Waals surface area contributed by atoms with Crippen molar-refractivity contribution in [2.24, 2.45) is 0 Å². The predicted octanol–water partition coefficient (Wildman–Crippen LogP) is 5.90. The number of halogens is 2. The minimum atomic E-state index is 0.337. The van der Waals surface area contributed by atoms with Crippen molar-refractivity contribution in [2.45, 2.75) is 45.9 Å². The summed E-state index contributed by atoms with van der Waals surface area (Å²) in [4.78, 5) is 2.48. The Morgan fingerprint density at radius 3 is 2.68 bits per heavy atom. The molecule has 3 rings (SSSR count). The molecule has 1 fully saturated rings. The lowest BCUT2D eigenvalue weighted by Gasteiger charge is -2.27. The maximum absolute atomic E-state index is 6.32.